The number of piperidine rings is 1. The SMILES string of the molecule is CC1(C)CCCC(C)(C)[N+]1(C)N. The van der Waals surface area contributed by atoms with Crippen LogP contribution in [-0.2, 0) is 0 Å². The highest BCUT2D eigenvalue weighted by atomic mass is 15.6. The Kier molecular flexibility index (Phi) is 2.05. The van der Waals surface area contributed by atoms with Crippen molar-refractivity contribution in [1.82, 2.24) is 0 Å². The number of nitrogens with zero attached hydrogens (tertiary/aromatic N) is 1. The summed E-state index contributed by atoms with van der Waals surface area (Å²) in [5.41, 5.74) is 0.448. The number of quaternary nitrogens is 1. The summed E-state index contributed by atoms with van der Waals surface area (Å²) in [5, 5.41) is 0. The van der Waals surface area contributed by atoms with Crippen LogP contribution in [0.1, 0.15) is 47.0 Å². The maximum Gasteiger partial charge on any atom is 0.111 e. The summed E-state index contributed by atoms with van der Waals surface area (Å²) in [6.07, 6.45) is 3.79. The minimum atomic E-state index is 0.224. The molecule has 0 saturated carbocycles. The highest BCUT2D eigenvalue weighted by molar-refractivity contribution is 4.83. The fourth-order valence-corrected chi connectivity index (χ4v) is 2.24. The smallest absolute Gasteiger partial charge is 0.111 e. The molecule has 0 amide bonds. The predicted molar refractivity (Wildman–Crippen MR) is 52.4 cm³/mol. The molecular weight excluding hydrogens is 148 g/mol. The lowest BCUT2D eigenvalue weighted by Crippen LogP contribution is -2.74. The zero-order valence-electron chi connectivity index (χ0n) is 9.15. The fraction of sp³-hybridized carbons (Fsp3) is 1.00. The van der Waals surface area contributed by atoms with Crippen LogP contribution < -0.4 is 5.84 Å². The van der Waals surface area contributed by atoms with Crippen molar-refractivity contribution in [2.75, 3.05) is 7.05 Å². The largest absolute Gasteiger partial charge is 0.242 e. The van der Waals surface area contributed by atoms with Crippen molar-refractivity contribution in [3.05, 3.63) is 0 Å². The molecule has 0 aromatic carbocycles. The molecule has 0 aliphatic carbocycles. The maximum absolute atomic E-state index is 6.37. The van der Waals surface area contributed by atoms with Crippen molar-refractivity contribution in [1.29, 1.82) is 0 Å². The van der Waals surface area contributed by atoms with Gasteiger partial charge in [0.15, 0.2) is 0 Å². The Labute approximate surface area is 76.3 Å². The van der Waals surface area contributed by atoms with Crippen LogP contribution in [-0.4, -0.2) is 22.7 Å². The Balaban J connectivity index is 2.99. The zero-order chi connectivity index (χ0) is 9.62. The van der Waals surface area contributed by atoms with Crippen molar-refractivity contribution >= 4 is 0 Å². The Morgan fingerprint density at radius 1 is 1.00 bits per heavy atom. The van der Waals surface area contributed by atoms with Gasteiger partial charge in [0.2, 0.25) is 0 Å². The van der Waals surface area contributed by atoms with Crippen LogP contribution in [0.3, 0.4) is 0 Å². The van der Waals surface area contributed by atoms with Crippen LogP contribution in [0, 0.1) is 0 Å². The van der Waals surface area contributed by atoms with Gasteiger partial charge in [-0.2, -0.15) is 5.84 Å². The topological polar surface area (TPSA) is 26.0 Å². The molecule has 1 aliphatic heterocycles. The van der Waals surface area contributed by atoms with Crippen LogP contribution in [0.25, 0.3) is 0 Å². The van der Waals surface area contributed by atoms with E-state index in [1.54, 1.807) is 0 Å². The molecule has 1 fully saturated rings. The van der Waals surface area contributed by atoms with Crippen LogP contribution in [0.15, 0.2) is 0 Å². The molecule has 2 nitrogen and oxygen atoms in total. The second-order valence-corrected chi connectivity index (χ2v) is 5.55. The second-order valence-electron chi connectivity index (χ2n) is 5.55. The van der Waals surface area contributed by atoms with Crippen LogP contribution in [0.2, 0.25) is 0 Å². The average Bonchev–Trinajstić information content (AvgIpc) is 1.83. The monoisotopic (exact) mass is 171 g/mol. The predicted octanol–water partition coefficient (Wildman–Crippen LogP) is 2.05. The van der Waals surface area contributed by atoms with E-state index in [9.17, 15) is 0 Å². The first-order valence-electron chi connectivity index (χ1n) is 4.86. The molecule has 1 aliphatic rings. The number of likely N-dealkylation sites (tertiary alicyclic amines) is 1. The van der Waals surface area contributed by atoms with Gasteiger partial charge in [0, 0.05) is 12.8 Å². The van der Waals surface area contributed by atoms with Crippen LogP contribution >= 0.6 is 0 Å². The van der Waals surface area contributed by atoms with E-state index in [0.29, 0.717) is 4.59 Å². The van der Waals surface area contributed by atoms with Gasteiger partial charge in [0.25, 0.3) is 0 Å². The standard InChI is InChI=1S/C10H23N2/c1-9(2)7-6-8-10(3,4)12(9,5)11/h6-8,11H2,1-5H3/q+1. The molecule has 1 rings (SSSR count). The number of hydrogen-bond acceptors (Lipinski definition) is 1. The molecule has 0 aromatic rings. The van der Waals surface area contributed by atoms with Gasteiger partial charge in [0.05, 0.1) is 7.05 Å². The quantitative estimate of drug-likeness (QED) is 0.438. The maximum atomic E-state index is 6.37. The summed E-state index contributed by atoms with van der Waals surface area (Å²) < 4.78 is 0.653. The van der Waals surface area contributed by atoms with Gasteiger partial charge in [-0.05, 0) is 34.1 Å². The van der Waals surface area contributed by atoms with Gasteiger partial charge in [-0.25, -0.2) is 4.59 Å². The van der Waals surface area contributed by atoms with Crippen molar-refractivity contribution in [3.8, 4) is 0 Å². The Bertz CT molecular complexity index is 162. The van der Waals surface area contributed by atoms with Gasteiger partial charge in [-0.1, -0.05) is 0 Å². The molecular formula is C10H23N2+. The number of rotatable bonds is 0. The summed E-state index contributed by atoms with van der Waals surface area (Å²) in [6, 6.07) is 0. The van der Waals surface area contributed by atoms with E-state index in [1.165, 1.54) is 19.3 Å². The lowest BCUT2D eigenvalue weighted by molar-refractivity contribution is -1.01. The van der Waals surface area contributed by atoms with Crippen molar-refractivity contribution in [3.63, 3.8) is 0 Å². The minimum absolute atomic E-state index is 0.224. The van der Waals surface area contributed by atoms with E-state index >= 15 is 0 Å². The van der Waals surface area contributed by atoms with E-state index in [1.807, 2.05) is 0 Å². The molecule has 0 bridgehead atoms. The molecule has 0 aromatic heterocycles. The third-order valence-corrected chi connectivity index (χ3v) is 4.09. The van der Waals surface area contributed by atoms with Crippen molar-refractivity contribution in [2.24, 2.45) is 5.84 Å². The molecule has 0 radical (unpaired) electrons. The summed E-state index contributed by atoms with van der Waals surface area (Å²) in [7, 11) is 2.15. The molecule has 2 N–H and O–H groups in total. The first-order valence-corrected chi connectivity index (χ1v) is 4.86. The van der Waals surface area contributed by atoms with E-state index in [2.05, 4.69) is 34.7 Å². The Morgan fingerprint density at radius 3 is 1.58 bits per heavy atom. The van der Waals surface area contributed by atoms with E-state index < -0.39 is 0 Å². The molecule has 0 spiro atoms. The third-order valence-electron chi connectivity index (χ3n) is 4.09. The highest BCUT2D eigenvalue weighted by Gasteiger charge is 2.51. The number of hydrogen-bond donors (Lipinski definition) is 1. The summed E-state index contributed by atoms with van der Waals surface area (Å²) in [4.78, 5) is 0. The van der Waals surface area contributed by atoms with E-state index in [-0.39, 0.29) is 11.1 Å². The fourth-order valence-electron chi connectivity index (χ4n) is 2.24. The molecule has 1 heterocycles. The van der Waals surface area contributed by atoms with Crippen molar-refractivity contribution < 1.29 is 4.59 Å². The van der Waals surface area contributed by atoms with Gasteiger partial charge < -0.3 is 0 Å². The second kappa shape index (κ2) is 2.46. The van der Waals surface area contributed by atoms with Crippen LogP contribution in [0.4, 0.5) is 0 Å². The van der Waals surface area contributed by atoms with Gasteiger partial charge in [0.1, 0.15) is 11.1 Å². The first kappa shape index (κ1) is 10.0. The van der Waals surface area contributed by atoms with Gasteiger partial charge in [-0.3, -0.25) is 0 Å². The van der Waals surface area contributed by atoms with E-state index in [4.69, 9.17) is 5.84 Å². The summed E-state index contributed by atoms with van der Waals surface area (Å²) >= 11 is 0. The minimum Gasteiger partial charge on any atom is -0.242 e. The van der Waals surface area contributed by atoms with Crippen molar-refractivity contribution in [2.45, 2.75) is 58.0 Å². The molecule has 72 valence electrons. The molecule has 0 atom stereocenters. The van der Waals surface area contributed by atoms with Gasteiger partial charge in [-0.15, -0.1) is 0 Å². The molecule has 1 saturated heterocycles. The molecule has 0 unspecified atom stereocenters. The summed E-state index contributed by atoms with van der Waals surface area (Å²) in [5.74, 6) is 6.37. The average molecular weight is 171 g/mol. The lowest BCUT2D eigenvalue weighted by atomic mass is 9.79. The third kappa shape index (κ3) is 1.17. The van der Waals surface area contributed by atoms with E-state index in [0.717, 1.165) is 0 Å². The van der Waals surface area contributed by atoms with Gasteiger partial charge >= 0.3 is 0 Å². The Hall–Kier alpha value is -0.0800. The molecule has 12 heavy (non-hydrogen) atoms. The normalized spacial score (nSPS) is 31.5. The lowest BCUT2D eigenvalue weighted by Gasteiger charge is -2.56. The first-order chi connectivity index (χ1) is 5.21. The highest BCUT2D eigenvalue weighted by Crippen LogP contribution is 2.40. The Morgan fingerprint density at radius 2 is 1.33 bits per heavy atom. The van der Waals surface area contributed by atoms with Crippen LogP contribution in [0.5, 0.6) is 0 Å². The summed E-state index contributed by atoms with van der Waals surface area (Å²) in [6.45, 7) is 9.09. The zero-order valence-corrected chi connectivity index (χ0v) is 9.15. The molecule has 2 heteroatoms. The number of nitrogens with two attached hydrogens (primary N) is 1.